The van der Waals surface area contributed by atoms with Crippen LogP contribution in [0.5, 0.6) is 0 Å². The topological polar surface area (TPSA) is 121 Å². The Morgan fingerprint density at radius 2 is 0.800 bits per heavy atom. The van der Waals surface area contributed by atoms with Crippen molar-refractivity contribution < 1.29 is 29.4 Å². The first-order chi connectivity index (χ1) is 5.91. The molecule has 0 saturated heterocycles. The van der Waals surface area contributed by atoms with Crippen LogP contribution < -0.4 is 0 Å². The van der Waals surface area contributed by atoms with Crippen LogP contribution >= 0.6 is 13.4 Å². The van der Waals surface area contributed by atoms with Crippen LogP contribution in [-0.4, -0.2) is 58.9 Å². The zero-order valence-electron chi connectivity index (χ0n) is 7.81. The van der Waals surface area contributed by atoms with E-state index in [1.807, 2.05) is 0 Å². The third-order valence-electron chi connectivity index (χ3n) is 0.500. The molecule has 0 fully saturated rings. The van der Waals surface area contributed by atoms with Crippen molar-refractivity contribution in [3.8, 4) is 0 Å². The van der Waals surface area contributed by atoms with Gasteiger partial charge in [-0.15, -0.1) is 0 Å². The van der Waals surface area contributed by atoms with Crippen LogP contribution in [0.25, 0.3) is 0 Å². The summed E-state index contributed by atoms with van der Waals surface area (Å²) in [6.45, 7) is -3.25. The molecule has 0 aromatic rings. The molecule has 0 unspecified atom stereocenters. The zero-order chi connectivity index (χ0) is 12.4. The fraction of sp³-hybridized carbons (Fsp3) is 1.00. The quantitative estimate of drug-likeness (QED) is 0.284. The van der Waals surface area contributed by atoms with Crippen LogP contribution in [0.1, 0.15) is 26.7 Å². The van der Waals surface area contributed by atoms with Gasteiger partial charge in [-0.25, -0.2) is 0 Å². The SMILES string of the molecule is CCCC.OP(O)(O)=S.OP(O)(O)=S.[NaH]. The maximum atomic E-state index is 7.56. The Labute approximate surface area is 122 Å². The molecule has 0 spiro atoms. The number of unbranched alkanes of at least 4 members (excludes halogenated alkanes) is 1. The van der Waals surface area contributed by atoms with Crippen LogP contribution in [0, 0.1) is 0 Å². The molecule has 0 heterocycles. The fourth-order valence-electron chi connectivity index (χ4n) is 0. The average molecular weight is 310 g/mol. The first-order valence-corrected chi connectivity index (χ1v) is 8.80. The van der Waals surface area contributed by atoms with E-state index in [4.69, 9.17) is 29.4 Å². The van der Waals surface area contributed by atoms with Crippen molar-refractivity contribution in [3.63, 3.8) is 0 Å². The van der Waals surface area contributed by atoms with Gasteiger partial charge >= 0.3 is 43.0 Å². The van der Waals surface area contributed by atoms with E-state index in [2.05, 4.69) is 37.5 Å². The third-order valence-corrected chi connectivity index (χ3v) is 0.500. The molecule has 0 aromatic carbocycles. The van der Waals surface area contributed by atoms with Gasteiger partial charge in [0.1, 0.15) is 0 Å². The summed E-state index contributed by atoms with van der Waals surface area (Å²) in [7, 11) is 0. The van der Waals surface area contributed by atoms with E-state index < -0.39 is 13.4 Å². The van der Waals surface area contributed by atoms with Gasteiger partial charge in [0.05, 0.1) is 0 Å². The van der Waals surface area contributed by atoms with E-state index in [-0.39, 0.29) is 29.6 Å². The van der Waals surface area contributed by atoms with Crippen molar-refractivity contribution in [1.29, 1.82) is 0 Å². The standard InChI is InChI=1S/C4H10.Na.2H3O3PS.H/c1-3-4-2;;2*1-4(2,3)5;/h3-4H2,1-2H3;;2*(H3,1,2,3,5);. The first kappa shape index (κ1) is 25.8. The van der Waals surface area contributed by atoms with Gasteiger partial charge in [-0.3, -0.25) is 0 Å². The normalized spacial score (nSPS) is 9.87. The Hall–Kier alpha value is 2.06. The third kappa shape index (κ3) is 339. The van der Waals surface area contributed by atoms with E-state index in [0.717, 1.165) is 0 Å². The molecule has 15 heavy (non-hydrogen) atoms. The molecule has 0 aromatic heterocycles. The average Bonchev–Trinajstić information content (AvgIpc) is 1.79. The number of hydrogen-bond donors (Lipinski definition) is 6. The molecule has 0 rings (SSSR count). The van der Waals surface area contributed by atoms with Crippen molar-refractivity contribution in [2.45, 2.75) is 26.7 Å². The van der Waals surface area contributed by atoms with Crippen molar-refractivity contribution in [2.75, 3.05) is 0 Å². The summed E-state index contributed by atoms with van der Waals surface area (Å²) in [6, 6.07) is 0. The molecule has 6 N–H and O–H groups in total. The van der Waals surface area contributed by atoms with E-state index in [1.54, 1.807) is 0 Å². The molecule has 0 aliphatic heterocycles. The van der Waals surface area contributed by atoms with Crippen LogP contribution in [0.2, 0.25) is 0 Å². The van der Waals surface area contributed by atoms with E-state index in [0.29, 0.717) is 0 Å². The summed E-state index contributed by atoms with van der Waals surface area (Å²) >= 11 is 7.21. The van der Waals surface area contributed by atoms with Crippen molar-refractivity contribution >= 4 is 66.6 Å². The van der Waals surface area contributed by atoms with E-state index in [9.17, 15) is 0 Å². The summed E-state index contributed by atoms with van der Waals surface area (Å²) in [5.74, 6) is 0. The van der Waals surface area contributed by atoms with Crippen LogP contribution in [0.4, 0.5) is 0 Å². The summed E-state index contributed by atoms with van der Waals surface area (Å²) in [5.41, 5.74) is 0. The van der Waals surface area contributed by atoms with Crippen molar-refractivity contribution in [1.82, 2.24) is 0 Å². The molecule has 0 aliphatic rings. The predicted molar refractivity (Wildman–Crippen MR) is 69.6 cm³/mol. The van der Waals surface area contributed by atoms with Crippen LogP contribution in [-0.2, 0) is 23.6 Å². The van der Waals surface area contributed by atoms with Crippen LogP contribution in [0.15, 0.2) is 0 Å². The molecule has 92 valence electrons. The molecule has 0 aliphatic carbocycles. The van der Waals surface area contributed by atoms with Crippen molar-refractivity contribution in [2.24, 2.45) is 0 Å². The Balaban J connectivity index is -0.0000000590. The fourth-order valence-corrected chi connectivity index (χ4v) is 0. The Kier molecular flexibility index (Phi) is 24.3. The summed E-state index contributed by atoms with van der Waals surface area (Å²) in [6.07, 6.45) is 2.64. The molecule has 11 heteroatoms. The van der Waals surface area contributed by atoms with Gasteiger partial charge in [-0.05, 0) is 23.6 Å². The maximum absolute atomic E-state index is 7.56. The van der Waals surface area contributed by atoms with E-state index in [1.165, 1.54) is 12.8 Å². The molecule has 0 saturated carbocycles. The molecular weight excluding hydrogens is 293 g/mol. The Morgan fingerprint density at radius 3 is 0.800 bits per heavy atom. The molecule has 6 nitrogen and oxygen atoms in total. The molecule has 0 radical (unpaired) electrons. The Morgan fingerprint density at radius 1 is 0.733 bits per heavy atom. The summed E-state index contributed by atoms with van der Waals surface area (Å²) in [4.78, 5) is 45.3. The minimum atomic E-state index is -3.81. The van der Waals surface area contributed by atoms with Gasteiger partial charge in [0.15, 0.2) is 0 Å². The Bertz CT molecular complexity index is 165. The van der Waals surface area contributed by atoms with Gasteiger partial charge in [0, 0.05) is 0 Å². The second kappa shape index (κ2) is 14.1. The molecule has 0 atom stereocenters. The molecule has 0 bridgehead atoms. The van der Waals surface area contributed by atoms with Crippen molar-refractivity contribution in [3.05, 3.63) is 0 Å². The zero-order valence-corrected chi connectivity index (χ0v) is 11.2. The van der Waals surface area contributed by atoms with Crippen LogP contribution in [0.3, 0.4) is 0 Å². The second-order valence-corrected chi connectivity index (χ2v) is 7.02. The van der Waals surface area contributed by atoms with Gasteiger partial charge in [0.2, 0.25) is 0 Å². The molecule has 0 amide bonds. The summed E-state index contributed by atoms with van der Waals surface area (Å²) < 4.78 is 0. The number of rotatable bonds is 1. The van der Waals surface area contributed by atoms with E-state index >= 15 is 0 Å². The minimum absolute atomic E-state index is 0. The first-order valence-electron chi connectivity index (χ1n) is 3.48. The second-order valence-electron chi connectivity index (χ2n) is 2.03. The van der Waals surface area contributed by atoms with Gasteiger partial charge in [-0.2, -0.15) is 0 Å². The monoisotopic (exact) mass is 310 g/mol. The van der Waals surface area contributed by atoms with Gasteiger partial charge in [0.25, 0.3) is 0 Å². The van der Waals surface area contributed by atoms with Gasteiger partial charge in [-0.1, -0.05) is 26.7 Å². The van der Waals surface area contributed by atoms with Gasteiger partial charge < -0.3 is 29.4 Å². The predicted octanol–water partition coefficient (Wildman–Crippen LogP) is -0.467. The number of hydrogen-bond acceptors (Lipinski definition) is 2. The molecular formula is C4H17NaO6P2S2. The summed E-state index contributed by atoms with van der Waals surface area (Å²) in [5, 5.41) is 0.